The number of hydrogen-bond acceptors (Lipinski definition) is 1. The van der Waals surface area contributed by atoms with E-state index in [1.54, 1.807) is 12.1 Å². The van der Waals surface area contributed by atoms with E-state index in [1.165, 1.54) is 5.56 Å². The van der Waals surface area contributed by atoms with Crippen molar-refractivity contribution in [2.24, 2.45) is 0 Å². The Balaban J connectivity index is 2.29. The van der Waals surface area contributed by atoms with Crippen LogP contribution in [0.2, 0.25) is 0 Å². The molecule has 1 heteroatoms. The van der Waals surface area contributed by atoms with E-state index in [1.807, 2.05) is 24.3 Å². The van der Waals surface area contributed by atoms with Crippen LogP contribution in [0.25, 0.3) is 0 Å². The van der Waals surface area contributed by atoms with Gasteiger partial charge >= 0.3 is 0 Å². The molecule has 0 radical (unpaired) electrons. The zero-order valence-electron chi connectivity index (χ0n) is 6.64. The normalized spacial score (nSPS) is 15.7. The number of aromatic hydroxyl groups is 1. The lowest BCUT2D eigenvalue weighted by Gasteiger charge is -2.04. The quantitative estimate of drug-likeness (QED) is 0.666. The highest BCUT2D eigenvalue weighted by atomic mass is 16.3. The third-order valence-corrected chi connectivity index (χ3v) is 2.03. The molecule has 1 aliphatic rings. The van der Waals surface area contributed by atoms with Crippen molar-refractivity contribution in [1.29, 1.82) is 0 Å². The number of hydrogen-bond donors (Lipinski definition) is 1. The molecule has 0 amide bonds. The first-order chi connectivity index (χ1) is 5.86. The van der Waals surface area contributed by atoms with Gasteiger partial charge in [0.15, 0.2) is 0 Å². The first-order valence-corrected chi connectivity index (χ1v) is 4.00. The summed E-state index contributed by atoms with van der Waals surface area (Å²) in [4.78, 5) is 0. The Labute approximate surface area is 71.7 Å². The van der Waals surface area contributed by atoms with E-state index in [-0.39, 0.29) is 0 Å². The van der Waals surface area contributed by atoms with E-state index < -0.39 is 0 Å². The molecule has 0 spiro atoms. The SMILES string of the molecule is Oc1ccc(C2C=CC=C2)cc1. The molecule has 0 heterocycles. The standard InChI is InChI=1S/C11H10O/c12-11-7-5-10(6-8-11)9-3-1-2-4-9/h1-9,12H. The molecule has 1 nitrogen and oxygen atoms in total. The first-order valence-electron chi connectivity index (χ1n) is 4.00. The van der Waals surface area contributed by atoms with Crippen molar-refractivity contribution in [1.82, 2.24) is 0 Å². The Morgan fingerprint density at radius 1 is 0.917 bits per heavy atom. The molecule has 0 aromatic heterocycles. The highest BCUT2D eigenvalue weighted by molar-refractivity contribution is 5.37. The largest absolute Gasteiger partial charge is 0.508 e. The van der Waals surface area contributed by atoms with Gasteiger partial charge in [0.2, 0.25) is 0 Å². The summed E-state index contributed by atoms with van der Waals surface area (Å²) in [5.41, 5.74) is 1.22. The van der Waals surface area contributed by atoms with E-state index in [9.17, 15) is 0 Å². The minimum atomic E-state index is 0.324. The molecule has 1 aliphatic carbocycles. The summed E-state index contributed by atoms with van der Waals surface area (Å²) >= 11 is 0. The van der Waals surface area contributed by atoms with E-state index in [0.29, 0.717) is 11.7 Å². The van der Waals surface area contributed by atoms with E-state index >= 15 is 0 Å². The lowest BCUT2D eigenvalue weighted by atomic mass is 10.0. The molecule has 0 fully saturated rings. The van der Waals surface area contributed by atoms with Gasteiger partial charge in [-0.15, -0.1) is 0 Å². The summed E-state index contributed by atoms with van der Waals surface area (Å²) in [7, 11) is 0. The fourth-order valence-corrected chi connectivity index (χ4v) is 1.35. The van der Waals surface area contributed by atoms with Gasteiger partial charge in [0.25, 0.3) is 0 Å². The van der Waals surface area contributed by atoms with Crippen LogP contribution in [-0.2, 0) is 0 Å². The van der Waals surface area contributed by atoms with Gasteiger partial charge in [-0.1, -0.05) is 36.4 Å². The fraction of sp³-hybridized carbons (Fsp3) is 0.0909. The number of phenols is 1. The Morgan fingerprint density at radius 3 is 2.08 bits per heavy atom. The monoisotopic (exact) mass is 158 g/mol. The molecule has 0 bridgehead atoms. The molecule has 12 heavy (non-hydrogen) atoms. The molecule has 1 aromatic rings. The van der Waals surface area contributed by atoms with Crippen molar-refractivity contribution in [3.63, 3.8) is 0 Å². The van der Waals surface area contributed by atoms with Gasteiger partial charge in [-0.25, -0.2) is 0 Å². The molecule has 2 rings (SSSR count). The van der Waals surface area contributed by atoms with Gasteiger partial charge < -0.3 is 5.11 Å². The van der Waals surface area contributed by atoms with Crippen molar-refractivity contribution in [2.45, 2.75) is 5.92 Å². The highest BCUT2D eigenvalue weighted by Crippen LogP contribution is 2.24. The molecule has 0 atom stereocenters. The second kappa shape index (κ2) is 2.86. The molecular formula is C11H10O. The molecule has 1 aromatic carbocycles. The highest BCUT2D eigenvalue weighted by Gasteiger charge is 2.05. The average Bonchev–Trinajstić information content (AvgIpc) is 2.58. The maximum absolute atomic E-state index is 9.06. The van der Waals surface area contributed by atoms with Crippen LogP contribution in [0.1, 0.15) is 11.5 Å². The zero-order chi connectivity index (χ0) is 8.39. The van der Waals surface area contributed by atoms with Crippen molar-refractivity contribution < 1.29 is 5.11 Å². The van der Waals surface area contributed by atoms with Crippen LogP contribution >= 0.6 is 0 Å². The zero-order valence-corrected chi connectivity index (χ0v) is 6.64. The second-order valence-electron chi connectivity index (χ2n) is 2.89. The Kier molecular flexibility index (Phi) is 1.71. The summed E-state index contributed by atoms with van der Waals surface area (Å²) in [6.07, 6.45) is 8.34. The summed E-state index contributed by atoms with van der Waals surface area (Å²) < 4.78 is 0. The van der Waals surface area contributed by atoms with Crippen molar-refractivity contribution in [3.05, 3.63) is 54.1 Å². The van der Waals surface area contributed by atoms with Gasteiger partial charge in [-0.3, -0.25) is 0 Å². The van der Waals surface area contributed by atoms with E-state index in [2.05, 4.69) is 12.2 Å². The minimum Gasteiger partial charge on any atom is -0.508 e. The van der Waals surface area contributed by atoms with Gasteiger partial charge in [0.1, 0.15) is 5.75 Å². The average molecular weight is 158 g/mol. The number of rotatable bonds is 1. The van der Waals surface area contributed by atoms with Crippen molar-refractivity contribution in [2.75, 3.05) is 0 Å². The third kappa shape index (κ3) is 1.26. The topological polar surface area (TPSA) is 20.2 Å². The molecule has 1 N–H and O–H groups in total. The van der Waals surface area contributed by atoms with Crippen molar-refractivity contribution in [3.8, 4) is 5.75 Å². The Morgan fingerprint density at radius 2 is 1.50 bits per heavy atom. The van der Waals surface area contributed by atoms with Crippen LogP contribution < -0.4 is 0 Å². The number of benzene rings is 1. The lowest BCUT2D eigenvalue weighted by Crippen LogP contribution is -1.86. The smallest absolute Gasteiger partial charge is 0.115 e. The van der Waals surface area contributed by atoms with Crippen LogP contribution in [-0.4, -0.2) is 5.11 Å². The van der Waals surface area contributed by atoms with Gasteiger partial charge in [-0.05, 0) is 17.7 Å². The van der Waals surface area contributed by atoms with Crippen LogP contribution in [0.15, 0.2) is 48.6 Å². The summed E-state index contributed by atoms with van der Waals surface area (Å²) in [6.45, 7) is 0. The van der Waals surface area contributed by atoms with Crippen LogP contribution in [0.3, 0.4) is 0 Å². The lowest BCUT2D eigenvalue weighted by molar-refractivity contribution is 0.475. The van der Waals surface area contributed by atoms with Crippen LogP contribution in [0.4, 0.5) is 0 Å². The number of phenolic OH excluding ortho intramolecular Hbond substituents is 1. The molecule has 0 aliphatic heterocycles. The van der Waals surface area contributed by atoms with E-state index in [4.69, 9.17) is 5.11 Å². The third-order valence-electron chi connectivity index (χ3n) is 2.03. The summed E-state index contributed by atoms with van der Waals surface area (Å²) in [5, 5.41) is 9.06. The van der Waals surface area contributed by atoms with Crippen molar-refractivity contribution >= 4 is 0 Å². The predicted octanol–water partition coefficient (Wildman–Crippen LogP) is 2.60. The van der Waals surface area contributed by atoms with Gasteiger partial charge in [-0.2, -0.15) is 0 Å². The van der Waals surface area contributed by atoms with Crippen LogP contribution in [0.5, 0.6) is 5.75 Å². The second-order valence-corrected chi connectivity index (χ2v) is 2.89. The Bertz CT molecular complexity index is 307. The first kappa shape index (κ1) is 7.17. The maximum Gasteiger partial charge on any atom is 0.115 e. The maximum atomic E-state index is 9.06. The molecule has 60 valence electrons. The fourth-order valence-electron chi connectivity index (χ4n) is 1.35. The summed E-state index contributed by atoms with van der Waals surface area (Å²) in [6, 6.07) is 7.32. The summed E-state index contributed by atoms with van der Waals surface area (Å²) in [5.74, 6) is 0.718. The molecule has 0 unspecified atom stereocenters. The molecule has 0 saturated heterocycles. The minimum absolute atomic E-state index is 0.324. The van der Waals surface area contributed by atoms with E-state index in [0.717, 1.165) is 0 Å². The number of allylic oxidation sites excluding steroid dienone is 4. The molecule has 0 saturated carbocycles. The Hall–Kier alpha value is -1.50. The van der Waals surface area contributed by atoms with Gasteiger partial charge in [0.05, 0.1) is 0 Å². The molecular weight excluding hydrogens is 148 g/mol. The van der Waals surface area contributed by atoms with Crippen LogP contribution in [0, 0.1) is 0 Å². The van der Waals surface area contributed by atoms with Gasteiger partial charge in [0, 0.05) is 5.92 Å². The predicted molar refractivity (Wildman–Crippen MR) is 49.1 cm³/mol.